The smallest absolute Gasteiger partial charge is 0.197 e. The fourth-order valence-corrected chi connectivity index (χ4v) is 1.97. The number of hydrogen-bond acceptors (Lipinski definition) is 3. The Morgan fingerprint density at radius 2 is 1.37 bits per heavy atom. The molecule has 0 radical (unpaired) electrons. The Morgan fingerprint density at radius 3 is 1.95 bits per heavy atom. The molecular formula is C16H14O3. The molecule has 0 aromatic heterocycles. The molecule has 0 N–H and O–H groups in total. The number of carbonyl (C=O) groups is 2. The van der Waals surface area contributed by atoms with E-state index < -0.39 is 0 Å². The number of ether oxygens (including phenoxy) is 1. The van der Waals surface area contributed by atoms with E-state index in [0.717, 1.165) is 0 Å². The van der Waals surface area contributed by atoms with E-state index in [9.17, 15) is 9.59 Å². The Labute approximate surface area is 111 Å². The second-order valence-electron chi connectivity index (χ2n) is 4.13. The molecule has 0 aliphatic rings. The monoisotopic (exact) mass is 254 g/mol. The molecule has 2 rings (SSSR count). The van der Waals surface area contributed by atoms with Crippen LogP contribution in [0.1, 0.15) is 33.2 Å². The van der Waals surface area contributed by atoms with E-state index in [1.54, 1.807) is 48.5 Å². The zero-order valence-electron chi connectivity index (χ0n) is 10.8. The molecule has 0 saturated carbocycles. The zero-order chi connectivity index (χ0) is 13.8. The van der Waals surface area contributed by atoms with Crippen molar-refractivity contribution in [2.45, 2.75) is 6.92 Å². The van der Waals surface area contributed by atoms with Crippen molar-refractivity contribution in [3.63, 3.8) is 0 Å². The van der Waals surface area contributed by atoms with Crippen LogP contribution in [0, 0.1) is 0 Å². The summed E-state index contributed by atoms with van der Waals surface area (Å²) in [5, 5.41) is 0. The second-order valence-corrected chi connectivity index (χ2v) is 4.13. The number of para-hydroxylation sites is 1. The van der Waals surface area contributed by atoms with Gasteiger partial charge in [0, 0.05) is 11.1 Å². The predicted octanol–water partition coefficient (Wildman–Crippen LogP) is 3.13. The molecule has 0 atom stereocenters. The molecule has 0 unspecified atom stereocenters. The van der Waals surface area contributed by atoms with Crippen molar-refractivity contribution < 1.29 is 14.3 Å². The number of hydrogen-bond donors (Lipinski definition) is 0. The standard InChI is InChI=1S/C16H14O3/c1-11(17)12-7-3-4-8-13(12)16(18)14-9-5-6-10-15(14)19-2/h3-10H,1-2H3. The Kier molecular flexibility index (Phi) is 3.76. The summed E-state index contributed by atoms with van der Waals surface area (Å²) in [5.41, 5.74) is 1.29. The van der Waals surface area contributed by atoms with Crippen LogP contribution in [0.15, 0.2) is 48.5 Å². The van der Waals surface area contributed by atoms with Gasteiger partial charge in [-0.15, -0.1) is 0 Å². The summed E-state index contributed by atoms with van der Waals surface area (Å²) in [6.45, 7) is 1.45. The number of Topliss-reactive ketones (excluding diaryl/α,β-unsaturated/α-hetero) is 1. The number of methoxy groups -OCH3 is 1. The van der Waals surface area contributed by atoms with Crippen LogP contribution in [0.3, 0.4) is 0 Å². The van der Waals surface area contributed by atoms with E-state index in [1.165, 1.54) is 14.0 Å². The van der Waals surface area contributed by atoms with E-state index in [-0.39, 0.29) is 11.6 Å². The lowest BCUT2D eigenvalue weighted by Crippen LogP contribution is -2.09. The van der Waals surface area contributed by atoms with Gasteiger partial charge in [-0.2, -0.15) is 0 Å². The lowest BCUT2D eigenvalue weighted by Gasteiger charge is -2.09. The van der Waals surface area contributed by atoms with Crippen molar-refractivity contribution in [1.82, 2.24) is 0 Å². The summed E-state index contributed by atoms with van der Waals surface area (Å²) in [6, 6.07) is 13.8. The van der Waals surface area contributed by atoms with Gasteiger partial charge in [0.05, 0.1) is 12.7 Å². The summed E-state index contributed by atoms with van der Waals surface area (Å²) in [5.74, 6) is 0.174. The lowest BCUT2D eigenvalue weighted by molar-refractivity contribution is 0.0989. The van der Waals surface area contributed by atoms with Crippen molar-refractivity contribution in [3.8, 4) is 5.75 Å². The van der Waals surface area contributed by atoms with Gasteiger partial charge >= 0.3 is 0 Å². The molecule has 19 heavy (non-hydrogen) atoms. The lowest BCUT2D eigenvalue weighted by atomic mass is 9.96. The molecule has 0 aliphatic carbocycles. The molecule has 96 valence electrons. The van der Waals surface area contributed by atoms with Crippen molar-refractivity contribution in [3.05, 3.63) is 65.2 Å². The molecule has 0 amide bonds. The van der Waals surface area contributed by atoms with Crippen LogP contribution < -0.4 is 4.74 Å². The first kappa shape index (κ1) is 13.0. The third-order valence-electron chi connectivity index (χ3n) is 2.90. The topological polar surface area (TPSA) is 43.4 Å². The molecule has 3 nitrogen and oxygen atoms in total. The van der Waals surface area contributed by atoms with Gasteiger partial charge in [0.15, 0.2) is 11.6 Å². The molecule has 0 heterocycles. The Morgan fingerprint density at radius 1 is 0.842 bits per heavy atom. The Hall–Kier alpha value is -2.42. The maximum Gasteiger partial charge on any atom is 0.197 e. The fourth-order valence-electron chi connectivity index (χ4n) is 1.97. The number of benzene rings is 2. The quantitative estimate of drug-likeness (QED) is 0.787. The highest BCUT2D eigenvalue weighted by molar-refractivity contribution is 6.16. The van der Waals surface area contributed by atoms with Crippen LogP contribution in [0.5, 0.6) is 5.75 Å². The summed E-state index contributed by atoms with van der Waals surface area (Å²) in [7, 11) is 1.52. The number of rotatable bonds is 4. The SMILES string of the molecule is COc1ccccc1C(=O)c1ccccc1C(C)=O. The second kappa shape index (κ2) is 5.48. The fraction of sp³-hybridized carbons (Fsp3) is 0.125. The highest BCUT2D eigenvalue weighted by Gasteiger charge is 2.18. The van der Waals surface area contributed by atoms with Gasteiger partial charge in [0.25, 0.3) is 0 Å². The van der Waals surface area contributed by atoms with Crippen LogP contribution in [-0.2, 0) is 0 Å². The molecule has 0 aliphatic heterocycles. The van der Waals surface area contributed by atoms with Gasteiger partial charge in [-0.05, 0) is 19.1 Å². The van der Waals surface area contributed by atoms with E-state index in [2.05, 4.69) is 0 Å². The van der Waals surface area contributed by atoms with Crippen molar-refractivity contribution in [2.24, 2.45) is 0 Å². The zero-order valence-corrected chi connectivity index (χ0v) is 10.8. The minimum atomic E-state index is -0.205. The molecule has 2 aromatic carbocycles. The van der Waals surface area contributed by atoms with E-state index >= 15 is 0 Å². The molecule has 0 bridgehead atoms. The molecule has 2 aromatic rings. The largest absolute Gasteiger partial charge is 0.496 e. The van der Waals surface area contributed by atoms with Crippen LogP contribution in [-0.4, -0.2) is 18.7 Å². The first-order valence-electron chi connectivity index (χ1n) is 5.93. The maximum absolute atomic E-state index is 12.5. The minimum Gasteiger partial charge on any atom is -0.496 e. The number of ketones is 2. The minimum absolute atomic E-state index is 0.126. The van der Waals surface area contributed by atoms with E-state index in [4.69, 9.17) is 4.74 Å². The van der Waals surface area contributed by atoms with Crippen molar-refractivity contribution >= 4 is 11.6 Å². The van der Waals surface area contributed by atoms with Crippen molar-refractivity contribution in [1.29, 1.82) is 0 Å². The van der Waals surface area contributed by atoms with E-state index in [1.807, 2.05) is 0 Å². The van der Waals surface area contributed by atoms with Crippen LogP contribution in [0.2, 0.25) is 0 Å². The molecular weight excluding hydrogens is 240 g/mol. The Bertz CT molecular complexity index is 629. The number of carbonyl (C=O) groups excluding carboxylic acids is 2. The van der Waals surface area contributed by atoms with Gasteiger partial charge in [-0.25, -0.2) is 0 Å². The van der Waals surface area contributed by atoms with Gasteiger partial charge in [-0.1, -0.05) is 36.4 Å². The average molecular weight is 254 g/mol. The summed E-state index contributed by atoms with van der Waals surface area (Å²) < 4.78 is 5.18. The van der Waals surface area contributed by atoms with Gasteiger partial charge < -0.3 is 4.74 Å². The first-order chi connectivity index (χ1) is 9.15. The highest BCUT2D eigenvalue weighted by Crippen LogP contribution is 2.22. The molecule has 0 saturated heterocycles. The molecule has 3 heteroatoms. The normalized spacial score (nSPS) is 10.0. The predicted molar refractivity (Wildman–Crippen MR) is 72.9 cm³/mol. The third-order valence-corrected chi connectivity index (χ3v) is 2.90. The summed E-state index contributed by atoms with van der Waals surface area (Å²) in [6.07, 6.45) is 0. The third kappa shape index (κ3) is 2.55. The van der Waals surface area contributed by atoms with E-state index in [0.29, 0.717) is 22.4 Å². The Balaban J connectivity index is 2.53. The highest BCUT2D eigenvalue weighted by atomic mass is 16.5. The maximum atomic E-state index is 12.5. The van der Waals surface area contributed by atoms with Crippen LogP contribution >= 0.6 is 0 Å². The van der Waals surface area contributed by atoms with Gasteiger partial charge in [0.2, 0.25) is 0 Å². The summed E-state index contributed by atoms with van der Waals surface area (Å²) >= 11 is 0. The first-order valence-corrected chi connectivity index (χ1v) is 5.93. The van der Waals surface area contributed by atoms with Crippen LogP contribution in [0.4, 0.5) is 0 Å². The van der Waals surface area contributed by atoms with Gasteiger partial charge in [-0.3, -0.25) is 9.59 Å². The average Bonchev–Trinajstić information content (AvgIpc) is 2.46. The van der Waals surface area contributed by atoms with Crippen molar-refractivity contribution in [2.75, 3.05) is 7.11 Å². The van der Waals surface area contributed by atoms with Crippen LogP contribution in [0.25, 0.3) is 0 Å². The molecule has 0 fully saturated rings. The summed E-state index contributed by atoms with van der Waals surface area (Å²) in [4.78, 5) is 24.1. The van der Waals surface area contributed by atoms with Gasteiger partial charge in [0.1, 0.15) is 5.75 Å². The molecule has 0 spiro atoms.